The molecule has 3 aromatic rings. The number of nitrogens with one attached hydrogen (secondary N) is 2. The summed E-state index contributed by atoms with van der Waals surface area (Å²) in [6.45, 7) is 2.67. The monoisotopic (exact) mass is 540 g/mol. The summed E-state index contributed by atoms with van der Waals surface area (Å²) in [4.78, 5) is 33.1. The Bertz CT molecular complexity index is 1580. The summed E-state index contributed by atoms with van der Waals surface area (Å²) in [6.07, 6.45) is 3.18. The Balaban J connectivity index is 1.30. The second-order valence-electron chi connectivity index (χ2n) is 9.27. The van der Waals surface area contributed by atoms with E-state index in [4.69, 9.17) is 14.7 Å². The third-order valence-corrected chi connectivity index (χ3v) is 6.80. The average molecular weight is 541 g/mol. The van der Waals surface area contributed by atoms with Crippen LogP contribution in [-0.4, -0.2) is 83.6 Å². The van der Waals surface area contributed by atoms with Crippen molar-refractivity contribution in [2.24, 2.45) is 4.99 Å². The average Bonchev–Trinajstić information content (AvgIpc) is 3.52. The molecule has 2 aliphatic heterocycles. The van der Waals surface area contributed by atoms with Gasteiger partial charge in [0.2, 0.25) is 0 Å². The number of aromatic nitrogens is 3. The van der Waals surface area contributed by atoms with Crippen LogP contribution in [0, 0.1) is 11.3 Å². The molecule has 2 aromatic carbocycles. The molecule has 204 valence electrons. The highest BCUT2D eigenvalue weighted by Gasteiger charge is 2.27. The number of ether oxygens (including phenoxy) is 2. The minimum atomic E-state index is -0.216. The number of nitriles is 1. The highest BCUT2D eigenvalue weighted by Crippen LogP contribution is 2.26. The lowest BCUT2D eigenvalue weighted by molar-refractivity contribution is 0.177. The summed E-state index contributed by atoms with van der Waals surface area (Å²) in [7, 11) is 1.57. The number of hydrogen-bond donors (Lipinski definition) is 2. The quantitative estimate of drug-likeness (QED) is 0.318. The van der Waals surface area contributed by atoms with Crippen LogP contribution >= 0.6 is 0 Å². The lowest BCUT2D eigenvalue weighted by atomic mass is 10.0. The number of piperazine rings is 1. The van der Waals surface area contributed by atoms with Gasteiger partial charge in [-0.25, -0.2) is 9.59 Å². The molecular formula is C28H28N8O4. The van der Waals surface area contributed by atoms with E-state index >= 15 is 0 Å². The molecule has 0 atom stereocenters. The number of fused-ring (bicyclic) bond motifs is 1. The summed E-state index contributed by atoms with van der Waals surface area (Å²) in [5.74, 6) is 3.19. The van der Waals surface area contributed by atoms with Gasteiger partial charge in [0.05, 0.1) is 60.4 Å². The van der Waals surface area contributed by atoms with Crippen molar-refractivity contribution < 1.29 is 19.1 Å². The first kappa shape index (κ1) is 26.5. The molecule has 1 saturated heterocycles. The normalized spacial score (nSPS) is 14.5. The predicted molar refractivity (Wildman–Crippen MR) is 145 cm³/mol. The molecule has 0 bridgehead atoms. The molecule has 0 spiro atoms. The molecule has 40 heavy (non-hydrogen) atoms. The van der Waals surface area contributed by atoms with Gasteiger partial charge in [-0.05, 0) is 43.2 Å². The zero-order valence-corrected chi connectivity index (χ0v) is 22.0. The molecule has 2 aliphatic rings. The fraction of sp³-hybridized carbons (Fsp3) is 0.321. The third-order valence-electron chi connectivity index (χ3n) is 6.80. The molecule has 0 radical (unpaired) electrons. The van der Waals surface area contributed by atoms with E-state index in [1.54, 1.807) is 42.5 Å². The van der Waals surface area contributed by atoms with Crippen molar-refractivity contribution in [3.05, 3.63) is 70.0 Å². The standard InChI is InChI=1S/C28H28N8O4/c1-39-25-13-23-24(14-26(25)40-12-2-3-22-17-31-34-33-22)30-16-20(18-37)27(23)35-8-10-36(11-9-35)28(38)32-21-6-4-19(15-29)5-7-21/h4-7,13-14,17H,2-3,8-12,16H2,1H3,(H,32,38)(H,31,33,34). The molecule has 5 rings (SSSR count). The SMILES string of the molecule is COc1cc2c(cc1OCCCc1cn[nH]n1)=NCC(=C=O)C=2N1CCN(C(=O)Nc2ccc(C#N)cc2)CC1. The third kappa shape index (κ3) is 5.80. The van der Waals surface area contributed by atoms with Crippen LogP contribution < -0.4 is 25.4 Å². The van der Waals surface area contributed by atoms with Gasteiger partial charge < -0.3 is 24.6 Å². The largest absolute Gasteiger partial charge is 0.493 e. The minimum absolute atomic E-state index is 0.211. The molecule has 2 amide bonds. The van der Waals surface area contributed by atoms with Gasteiger partial charge >= 0.3 is 6.03 Å². The summed E-state index contributed by atoms with van der Waals surface area (Å²) >= 11 is 0. The van der Waals surface area contributed by atoms with Crippen molar-refractivity contribution in [1.82, 2.24) is 25.2 Å². The zero-order chi connectivity index (χ0) is 27.9. The molecule has 0 unspecified atom stereocenters. The molecule has 12 nitrogen and oxygen atoms in total. The van der Waals surface area contributed by atoms with Gasteiger partial charge in [0, 0.05) is 43.2 Å². The summed E-state index contributed by atoms with van der Waals surface area (Å²) in [6, 6.07) is 12.3. The fourth-order valence-corrected chi connectivity index (χ4v) is 4.73. The summed E-state index contributed by atoms with van der Waals surface area (Å²) in [5.41, 5.74) is 3.24. The molecule has 3 heterocycles. The van der Waals surface area contributed by atoms with Crippen molar-refractivity contribution in [2.75, 3.05) is 51.8 Å². The van der Waals surface area contributed by atoms with Gasteiger partial charge in [-0.2, -0.15) is 20.7 Å². The van der Waals surface area contributed by atoms with Crippen LogP contribution in [0.5, 0.6) is 11.5 Å². The Morgan fingerprint density at radius 2 is 1.95 bits per heavy atom. The first-order valence-corrected chi connectivity index (χ1v) is 12.9. The predicted octanol–water partition coefficient (Wildman–Crippen LogP) is 1.05. The van der Waals surface area contributed by atoms with Crippen LogP contribution in [0.3, 0.4) is 0 Å². The zero-order valence-electron chi connectivity index (χ0n) is 22.0. The summed E-state index contributed by atoms with van der Waals surface area (Å²) < 4.78 is 11.6. The maximum absolute atomic E-state index is 12.8. The number of carbonyl (C=O) groups excluding carboxylic acids is 2. The Hall–Kier alpha value is -5.14. The fourth-order valence-electron chi connectivity index (χ4n) is 4.73. The minimum Gasteiger partial charge on any atom is -0.493 e. The van der Waals surface area contributed by atoms with Crippen molar-refractivity contribution >= 4 is 23.4 Å². The number of urea groups is 1. The number of hydrogen-bond acceptors (Lipinski definition) is 9. The molecule has 1 aromatic heterocycles. The molecular weight excluding hydrogens is 512 g/mol. The second kappa shape index (κ2) is 12.1. The van der Waals surface area contributed by atoms with Crippen LogP contribution in [-0.2, 0) is 11.2 Å². The van der Waals surface area contributed by atoms with E-state index in [1.807, 2.05) is 12.1 Å². The van der Waals surface area contributed by atoms with E-state index < -0.39 is 0 Å². The number of benzene rings is 2. The van der Waals surface area contributed by atoms with Crippen molar-refractivity contribution in [3.8, 4) is 17.6 Å². The van der Waals surface area contributed by atoms with Gasteiger partial charge in [0.25, 0.3) is 0 Å². The molecule has 0 aliphatic carbocycles. The Morgan fingerprint density at radius 3 is 2.62 bits per heavy atom. The lowest BCUT2D eigenvalue weighted by Gasteiger charge is -2.37. The molecule has 0 saturated carbocycles. The highest BCUT2D eigenvalue weighted by atomic mass is 16.5. The van der Waals surface area contributed by atoms with E-state index in [0.29, 0.717) is 66.5 Å². The maximum atomic E-state index is 12.8. The number of anilines is 1. The van der Waals surface area contributed by atoms with E-state index in [1.165, 1.54) is 0 Å². The number of amides is 2. The van der Waals surface area contributed by atoms with Crippen molar-refractivity contribution in [1.29, 1.82) is 5.26 Å². The van der Waals surface area contributed by atoms with Gasteiger partial charge in [0.1, 0.15) is 5.94 Å². The first-order valence-electron chi connectivity index (χ1n) is 12.9. The summed E-state index contributed by atoms with van der Waals surface area (Å²) in [5, 5.41) is 23.8. The van der Waals surface area contributed by atoms with E-state index in [-0.39, 0.29) is 12.6 Å². The van der Waals surface area contributed by atoms with Crippen LogP contribution in [0.15, 0.2) is 53.2 Å². The number of carbonyl (C=O) groups is 1. The molecule has 2 N–H and O–H groups in total. The van der Waals surface area contributed by atoms with Crippen molar-refractivity contribution in [3.63, 3.8) is 0 Å². The van der Waals surface area contributed by atoms with Crippen molar-refractivity contribution in [2.45, 2.75) is 12.8 Å². The molecule has 12 heteroatoms. The molecule has 1 fully saturated rings. The topological polar surface area (TPSA) is 149 Å². The second-order valence-corrected chi connectivity index (χ2v) is 9.27. The number of rotatable bonds is 8. The van der Waals surface area contributed by atoms with E-state index in [0.717, 1.165) is 29.5 Å². The Kier molecular flexibility index (Phi) is 8.04. The van der Waals surface area contributed by atoms with Crippen LogP contribution in [0.2, 0.25) is 0 Å². The van der Waals surface area contributed by atoms with E-state index in [9.17, 15) is 9.59 Å². The van der Waals surface area contributed by atoms with Gasteiger partial charge in [-0.15, -0.1) is 0 Å². The number of H-pyrrole nitrogens is 1. The number of nitrogens with zero attached hydrogens (tertiary/aromatic N) is 6. The van der Waals surface area contributed by atoms with E-state index in [2.05, 4.69) is 42.6 Å². The Morgan fingerprint density at radius 1 is 1.15 bits per heavy atom. The van der Waals surface area contributed by atoms with Crippen LogP contribution in [0.25, 0.3) is 5.70 Å². The van der Waals surface area contributed by atoms with Gasteiger partial charge in [-0.3, -0.25) is 4.99 Å². The smallest absolute Gasteiger partial charge is 0.321 e. The number of aryl methyl sites for hydroxylation is 1. The number of aromatic amines is 1. The van der Waals surface area contributed by atoms with Gasteiger partial charge in [-0.1, -0.05) is 0 Å². The Labute approximate surface area is 230 Å². The van der Waals surface area contributed by atoms with Gasteiger partial charge in [0.15, 0.2) is 11.5 Å². The lowest BCUT2D eigenvalue weighted by Crippen LogP contribution is -2.51. The maximum Gasteiger partial charge on any atom is 0.321 e. The first-order chi connectivity index (χ1) is 19.6. The van der Waals surface area contributed by atoms with Crippen LogP contribution in [0.4, 0.5) is 10.5 Å². The van der Waals surface area contributed by atoms with Crippen LogP contribution in [0.1, 0.15) is 17.7 Å². The number of methoxy groups -OCH3 is 1. The highest BCUT2D eigenvalue weighted by molar-refractivity contribution is 5.89.